The molecular weight excluding hydrogens is 564 g/mol. The van der Waals surface area contributed by atoms with E-state index >= 15 is 0 Å². The van der Waals surface area contributed by atoms with Crippen molar-refractivity contribution in [3.8, 4) is 0 Å². The molecule has 242 valence electrons. The van der Waals surface area contributed by atoms with Crippen molar-refractivity contribution in [2.75, 3.05) is 13.1 Å². The number of hydrogen-bond acceptors (Lipinski definition) is 8. The van der Waals surface area contributed by atoms with Crippen molar-refractivity contribution in [3.05, 3.63) is 0 Å². The number of primary amides is 2. The molecule has 1 aliphatic heterocycles. The van der Waals surface area contributed by atoms with Crippen LogP contribution >= 0.6 is 0 Å². The zero-order valence-electron chi connectivity index (χ0n) is 25.7. The third-order valence-corrected chi connectivity index (χ3v) is 6.92. The third-order valence-electron chi connectivity index (χ3n) is 6.92. The first-order chi connectivity index (χ1) is 20.0. The summed E-state index contributed by atoms with van der Waals surface area (Å²) in [4.78, 5) is 100. The van der Waals surface area contributed by atoms with Gasteiger partial charge in [-0.1, -0.05) is 27.7 Å². The topological polar surface area (TPSA) is 252 Å². The molecule has 0 aliphatic carbocycles. The molecule has 0 radical (unpaired) electrons. The van der Waals surface area contributed by atoms with Crippen LogP contribution in [0.4, 0.5) is 0 Å². The summed E-state index contributed by atoms with van der Waals surface area (Å²) in [6, 6.07) is -5.20. The Morgan fingerprint density at radius 2 is 1.40 bits per heavy atom. The first kappa shape index (κ1) is 36.8. The van der Waals surface area contributed by atoms with Gasteiger partial charge in [0.15, 0.2) is 0 Å². The Balaban J connectivity index is 2.97. The molecule has 43 heavy (non-hydrogen) atoms. The molecule has 1 rings (SSSR count). The maximum absolute atomic E-state index is 13.6. The molecule has 1 fully saturated rings. The maximum Gasteiger partial charge on any atom is 0.246 e. The van der Waals surface area contributed by atoms with E-state index in [9.17, 15) is 38.4 Å². The largest absolute Gasteiger partial charge is 0.370 e. The van der Waals surface area contributed by atoms with Crippen molar-refractivity contribution in [2.45, 2.75) is 97.4 Å². The van der Waals surface area contributed by atoms with Crippen LogP contribution in [-0.2, 0) is 38.4 Å². The fraction of sp³-hybridized carbons (Fsp3) is 0.704. The molecule has 0 aromatic carbocycles. The van der Waals surface area contributed by atoms with Crippen LogP contribution in [0.5, 0.6) is 0 Å². The normalized spacial score (nSPS) is 17.3. The van der Waals surface area contributed by atoms with Gasteiger partial charge in [-0.25, -0.2) is 0 Å². The summed E-state index contributed by atoms with van der Waals surface area (Å²) in [5.74, 6) is -5.71. The lowest BCUT2D eigenvalue weighted by atomic mass is 9.98. The van der Waals surface area contributed by atoms with Crippen LogP contribution in [0.3, 0.4) is 0 Å². The Hall–Kier alpha value is -4.24. The molecule has 16 heteroatoms. The smallest absolute Gasteiger partial charge is 0.246 e. The summed E-state index contributed by atoms with van der Waals surface area (Å²) in [6.07, 6.45) is 0.565. The van der Waals surface area contributed by atoms with E-state index in [1.165, 1.54) is 18.7 Å². The van der Waals surface area contributed by atoms with Crippen LogP contribution in [0.15, 0.2) is 0 Å². The van der Waals surface area contributed by atoms with Crippen LogP contribution in [0.2, 0.25) is 0 Å². The average Bonchev–Trinajstić information content (AvgIpc) is 3.40. The number of nitrogens with two attached hydrogens (primary N) is 2. The summed E-state index contributed by atoms with van der Waals surface area (Å²) in [7, 11) is 0. The zero-order valence-corrected chi connectivity index (χ0v) is 25.7. The van der Waals surface area contributed by atoms with Gasteiger partial charge < -0.3 is 43.0 Å². The van der Waals surface area contributed by atoms with Crippen LogP contribution in [0.1, 0.15) is 67.2 Å². The van der Waals surface area contributed by atoms with E-state index in [1.807, 2.05) is 0 Å². The molecule has 5 atom stereocenters. The van der Waals surface area contributed by atoms with Gasteiger partial charge in [0.05, 0.1) is 6.54 Å². The number of carbonyl (C=O) groups is 8. The van der Waals surface area contributed by atoms with Crippen molar-refractivity contribution in [2.24, 2.45) is 23.3 Å². The van der Waals surface area contributed by atoms with Crippen molar-refractivity contribution in [1.29, 1.82) is 0 Å². The molecule has 0 saturated carbocycles. The van der Waals surface area contributed by atoms with Crippen LogP contribution in [0, 0.1) is 11.8 Å². The summed E-state index contributed by atoms with van der Waals surface area (Å²) in [5.41, 5.74) is 10.5. The second-order valence-electron chi connectivity index (χ2n) is 11.3. The standard InChI is InChI=1S/C27H46N8O8/c1-13(2)21(33-24(40)15(5)31-20(38)12-30-16(6)36)26(42)34-22(14(3)4)27(43)35-11-7-8-18(35)25(41)32-17(23(29)39)9-10-19(28)37/h13-15,17-18,21-22H,7-12H2,1-6H3,(H2,28,37)(H2,29,39)(H,30,36)(H,31,38)(H,32,41)(H,33,40)(H,34,42)/t15-,17-,18-,21-,22-/m0/s1. The van der Waals surface area contributed by atoms with Crippen molar-refractivity contribution in [3.63, 3.8) is 0 Å². The Bertz CT molecular complexity index is 1080. The summed E-state index contributed by atoms with van der Waals surface area (Å²) >= 11 is 0. The molecule has 8 amide bonds. The van der Waals surface area contributed by atoms with E-state index in [0.29, 0.717) is 12.8 Å². The first-order valence-electron chi connectivity index (χ1n) is 14.3. The quantitative estimate of drug-likeness (QED) is 0.0954. The SMILES string of the molecule is CC(=O)NCC(=O)N[C@@H](C)C(=O)N[C@H](C(=O)N[C@H](C(=O)N1CCC[C@H]1C(=O)N[C@@H](CCC(N)=O)C(N)=O)C(C)C)C(C)C. The molecule has 0 spiro atoms. The fourth-order valence-electron chi connectivity index (χ4n) is 4.45. The molecule has 9 N–H and O–H groups in total. The minimum absolute atomic E-state index is 0.0817. The fourth-order valence-corrected chi connectivity index (χ4v) is 4.45. The van der Waals surface area contributed by atoms with E-state index < -0.39 is 89.3 Å². The van der Waals surface area contributed by atoms with Crippen molar-refractivity contribution in [1.82, 2.24) is 31.5 Å². The minimum atomic E-state index is -1.15. The molecular formula is C27H46N8O8. The molecule has 0 aromatic heterocycles. The van der Waals surface area contributed by atoms with E-state index in [1.54, 1.807) is 27.7 Å². The first-order valence-corrected chi connectivity index (χ1v) is 14.3. The molecule has 1 heterocycles. The minimum Gasteiger partial charge on any atom is -0.370 e. The highest BCUT2D eigenvalue weighted by Gasteiger charge is 2.40. The van der Waals surface area contributed by atoms with Gasteiger partial charge in [0.2, 0.25) is 47.3 Å². The summed E-state index contributed by atoms with van der Waals surface area (Å²) in [5, 5.41) is 12.6. The Labute approximate surface area is 251 Å². The lowest BCUT2D eigenvalue weighted by Crippen LogP contribution is -2.60. The predicted octanol–water partition coefficient (Wildman–Crippen LogP) is -2.86. The van der Waals surface area contributed by atoms with Gasteiger partial charge in [0.25, 0.3) is 0 Å². The van der Waals surface area contributed by atoms with E-state index in [-0.39, 0.29) is 25.9 Å². The van der Waals surface area contributed by atoms with Gasteiger partial charge in [-0.15, -0.1) is 0 Å². The summed E-state index contributed by atoms with van der Waals surface area (Å²) < 4.78 is 0. The predicted molar refractivity (Wildman–Crippen MR) is 154 cm³/mol. The van der Waals surface area contributed by atoms with Gasteiger partial charge >= 0.3 is 0 Å². The van der Waals surface area contributed by atoms with Gasteiger partial charge in [-0.2, -0.15) is 0 Å². The molecule has 0 aromatic rings. The molecule has 1 aliphatic rings. The van der Waals surface area contributed by atoms with Crippen LogP contribution in [0.25, 0.3) is 0 Å². The van der Waals surface area contributed by atoms with Crippen molar-refractivity contribution < 1.29 is 38.4 Å². The number of amides is 8. The Morgan fingerprint density at radius 3 is 1.91 bits per heavy atom. The van der Waals surface area contributed by atoms with Crippen LogP contribution < -0.4 is 38.1 Å². The highest BCUT2D eigenvalue weighted by Crippen LogP contribution is 2.21. The highest BCUT2D eigenvalue weighted by atomic mass is 16.2. The second kappa shape index (κ2) is 17.0. The van der Waals surface area contributed by atoms with Gasteiger partial charge in [0, 0.05) is 19.9 Å². The average molecular weight is 611 g/mol. The highest BCUT2D eigenvalue weighted by molar-refractivity contribution is 5.97. The molecule has 0 unspecified atom stereocenters. The Kier molecular flexibility index (Phi) is 14.6. The number of nitrogens with one attached hydrogen (secondary N) is 5. The molecule has 0 bridgehead atoms. The van der Waals surface area contributed by atoms with E-state index in [4.69, 9.17) is 11.5 Å². The zero-order chi connectivity index (χ0) is 33.0. The van der Waals surface area contributed by atoms with Crippen molar-refractivity contribution >= 4 is 47.3 Å². The monoisotopic (exact) mass is 610 g/mol. The third kappa shape index (κ3) is 11.9. The van der Waals surface area contributed by atoms with Crippen LogP contribution in [-0.4, -0.2) is 95.5 Å². The van der Waals surface area contributed by atoms with E-state index in [0.717, 1.165) is 0 Å². The van der Waals surface area contributed by atoms with E-state index in [2.05, 4.69) is 26.6 Å². The number of nitrogens with zero attached hydrogens (tertiary/aromatic N) is 1. The Morgan fingerprint density at radius 1 is 0.814 bits per heavy atom. The van der Waals surface area contributed by atoms with Gasteiger partial charge in [-0.05, 0) is 38.0 Å². The maximum atomic E-state index is 13.6. The lowest BCUT2D eigenvalue weighted by Gasteiger charge is -2.32. The number of likely N-dealkylation sites (tertiary alicyclic amines) is 1. The number of rotatable bonds is 16. The lowest BCUT2D eigenvalue weighted by molar-refractivity contribution is -0.143. The summed E-state index contributed by atoms with van der Waals surface area (Å²) in [6.45, 7) is 9.43. The number of hydrogen-bond donors (Lipinski definition) is 7. The number of carbonyl (C=O) groups excluding carboxylic acids is 8. The molecule has 1 saturated heterocycles. The van der Waals surface area contributed by atoms with Gasteiger partial charge in [-0.3, -0.25) is 38.4 Å². The molecule has 16 nitrogen and oxygen atoms in total. The second-order valence-corrected chi connectivity index (χ2v) is 11.3. The van der Waals surface area contributed by atoms with Gasteiger partial charge in [0.1, 0.15) is 30.2 Å².